The van der Waals surface area contributed by atoms with Crippen molar-refractivity contribution in [1.29, 1.82) is 0 Å². The number of aromatic amines is 1. The van der Waals surface area contributed by atoms with Crippen molar-refractivity contribution in [3.63, 3.8) is 0 Å². The second-order valence-corrected chi connectivity index (χ2v) is 8.84. The van der Waals surface area contributed by atoms with Crippen molar-refractivity contribution in [3.05, 3.63) is 64.4 Å². The highest BCUT2D eigenvalue weighted by Gasteiger charge is 2.39. The van der Waals surface area contributed by atoms with E-state index in [9.17, 15) is 28.7 Å². The molecule has 0 bridgehead atoms. The van der Waals surface area contributed by atoms with Gasteiger partial charge in [-0.3, -0.25) is 23.9 Å². The first-order valence-corrected chi connectivity index (χ1v) is 12.1. The fourth-order valence-electron chi connectivity index (χ4n) is 4.31. The normalized spacial score (nSPS) is 18.6. The number of anilines is 2. The molecule has 2 atom stereocenters. The number of aromatic nitrogens is 2. The number of nitrogens with zero attached hydrogens (tertiary/aromatic N) is 3. The number of carbonyl (C=O) groups excluding carboxylic acids is 3. The van der Waals surface area contributed by atoms with Gasteiger partial charge in [0.2, 0.25) is 0 Å². The predicted molar refractivity (Wildman–Crippen MR) is 132 cm³/mol. The Kier molecular flexibility index (Phi) is 7.49. The predicted octanol–water partition coefficient (Wildman–Crippen LogP) is 0.373. The molecule has 39 heavy (non-hydrogen) atoms. The van der Waals surface area contributed by atoms with Crippen molar-refractivity contribution >= 4 is 29.1 Å². The summed E-state index contributed by atoms with van der Waals surface area (Å²) in [6.45, 7) is 1.49. The number of morpholine rings is 2. The summed E-state index contributed by atoms with van der Waals surface area (Å²) in [5.74, 6) is -3.28. The summed E-state index contributed by atoms with van der Waals surface area (Å²) in [6, 6.07) is 9.71. The summed E-state index contributed by atoms with van der Waals surface area (Å²) in [7, 11) is 0. The Morgan fingerprint density at radius 1 is 1.08 bits per heavy atom. The quantitative estimate of drug-likeness (QED) is 0.399. The summed E-state index contributed by atoms with van der Waals surface area (Å²) >= 11 is 0. The number of ether oxygens (including phenoxy) is 2. The first-order chi connectivity index (χ1) is 18.8. The Hall–Kier alpha value is -4.40. The molecule has 5 rings (SSSR count). The van der Waals surface area contributed by atoms with Crippen LogP contribution >= 0.6 is 0 Å². The third kappa shape index (κ3) is 5.72. The van der Waals surface area contributed by atoms with Crippen molar-refractivity contribution in [2.75, 3.05) is 49.7 Å². The lowest BCUT2D eigenvalue weighted by Gasteiger charge is -2.34. The van der Waals surface area contributed by atoms with Gasteiger partial charge in [-0.25, -0.2) is 9.18 Å². The van der Waals surface area contributed by atoms with Crippen LogP contribution in [0.2, 0.25) is 0 Å². The largest absolute Gasteiger partial charge is 0.439 e. The van der Waals surface area contributed by atoms with Crippen molar-refractivity contribution in [2.24, 2.45) is 0 Å². The minimum absolute atomic E-state index is 0.0317. The fraction of sp³-hybridized carbons (Fsp3) is 0.320. The number of hydrogen-bond acceptors (Lipinski definition) is 9. The molecular weight excluding hydrogens is 517 g/mol. The van der Waals surface area contributed by atoms with E-state index < -0.39 is 41.5 Å². The van der Waals surface area contributed by atoms with Crippen LogP contribution in [0.1, 0.15) is 10.4 Å². The van der Waals surface area contributed by atoms with Gasteiger partial charge in [-0.1, -0.05) is 5.16 Å². The van der Waals surface area contributed by atoms with Crippen LogP contribution in [0.15, 0.2) is 51.8 Å². The molecule has 13 nitrogen and oxygen atoms in total. The maximum atomic E-state index is 14.5. The first kappa shape index (κ1) is 26.2. The third-order valence-electron chi connectivity index (χ3n) is 6.28. The Balaban J connectivity index is 1.27. The number of halogens is 1. The fourth-order valence-corrected chi connectivity index (χ4v) is 4.31. The van der Waals surface area contributed by atoms with Gasteiger partial charge in [-0.2, -0.15) is 0 Å². The number of nitrogens with one attached hydrogen (secondary N) is 2. The molecule has 3 aromatic rings. The number of hydrogen-bond donors (Lipinski definition) is 3. The Morgan fingerprint density at radius 2 is 1.82 bits per heavy atom. The average molecular weight is 541 g/mol. The van der Waals surface area contributed by atoms with Gasteiger partial charge in [-0.15, -0.1) is 0 Å². The summed E-state index contributed by atoms with van der Waals surface area (Å²) in [5.41, 5.74) is 0.991. The second kappa shape index (κ2) is 11.1. The molecule has 204 valence electrons. The number of carbonyl (C=O) groups is 3. The van der Waals surface area contributed by atoms with Crippen LogP contribution in [-0.2, 0) is 19.1 Å². The van der Waals surface area contributed by atoms with Gasteiger partial charge in [0.15, 0.2) is 18.0 Å². The molecule has 0 saturated carbocycles. The minimum Gasteiger partial charge on any atom is -0.380 e. The topological polar surface area (TPSA) is 167 Å². The molecule has 0 unspecified atom stereocenters. The van der Waals surface area contributed by atoms with Crippen LogP contribution in [0.4, 0.5) is 15.8 Å². The van der Waals surface area contributed by atoms with E-state index >= 15 is 0 Å². The number of aliphatic hydroxyl groups is 1. The number of benzene rings is 2. The summed E-state index contributed by atoms with van der Waals surface area (Å²) in [6.07, 6.45) is -3.44. The SMILES string of the molecule is O=C(Nc1ccc(-c2noc(=O)[nH]2)cc1)[C@H](O)[C@H]1OCCN(c2cc(F)cc(C(=O)N3CCOCC3)c2)C1=O. The van der Waals surface area contributed by atoms with E-state index in [-0.39, 0.29) is 30.2 Å². The monoisotopic (exact) mass is 541 g/mol. The zero-order chi connectivity index (χ0) is 27.5. The smallest absolute Gasteiger partial charge is 0.380 e. The van der Waals surface area contributed by atoms with Crippen molar-refractivity contribution in [2.45, 2.75) is 12.2 Å². The molecule has 2 aliphatic heterocycles. The molecule has 0 aliphatic carbocycles. The van der Waals surface area contributed by atoms with E-state index in [4.69, 9.17) is 9.47 Å². The van der Waals surface area contributed by atoms with Crippen molar-refractivity contribution in [1.82, 2.24) is 15.0 Å². The zero-order valence-corrected chi connectivity index (χ0v) is 20.5. The van der Waals surface area contributed by atoms with Crippen LogP contribution in [-0.4, -0.2) is 89.5 Å². The number of aliphatic hydroxyl groups excluding tert-OH is 1. The molecule has 0 spiro atoms. The first-order valence-electron chi connectivity index (χ1n) is 12.1. The van der Waals surface area contributed by atoms with Gasteiger partial charge in [0.25, 0.3) is 17.7 Å². The van der Waals surface area contributed by atoms with E-state index in [1.54, 1.807) is 12.1 Å². The number of rotatable bonds is 6. The molecule has 2 saturated heterocycles. The van der Waals surface area contributed by atoms with E-state index in [0.717, 1.165) is 12.1 Å². The maximum absolute atomic E-state index is 14.5. The molecule has 2 fully saturated rings. The van der Waals surface area contributed by atoms with E-state index in [1.807, 2.05) is 0 Å². The molecule has 3 amide bonds. The molecule has 1 aromatic heterocycles. The lowest BCUT2D eigenvalue weighted by molar-refractivity contribution is -0.150. The number of H-pyrrole nitrogens is 1. The van der Waals surface area contributed by atoms with E-state index in [2.05, 4.69) is 20.0 Å². The van der Waals surface area contributed by atoms with Gasteiger partial charge in [0.1, 0.15) is 5.82 Å². The van der Waals surface area contributed by atoms with Gasteiger partial charge in [0, 0.05) is 42.1 Å². The van der Waals surface area contributed by atoms with Gasteiger partial charge in [-0.05, 0) is 42.5 Å². The van der Waals surface area contributed by atoms with Crippen LogP contribution in [0.3, 0.4) is 0 Å². The van der Waals surface area contributed by atoms with Crippen LogP contribution in [0.5, 0.6) is 0 Å². The average Bonchev–Trinajstić information content (AvgIpc) is 3.39. The highest BCUT2D eigenvalue weighted by molar-refractivity contribution is 6.04. The van der Waals surface area contributed by atoms with Gasteiger partial charge in [0.05, 0.1) is 19.8 Å². The summed E-state index contributed by atoms with van der Waals surface area (Å²) < 4.78 is 29.6. The Morgan fingerprint density at radius 3 is 2.51 bits per heavy atom. The van der Waals surface area contributed by atoms with E-state index in [1.165, 1.54) is 28.0 Å². The molecule has 3 heterocycles. The number of amides is 3. The molecular formula is C25H24FN5O8. The Bertz CT molecular complexity index is 1430. The van der Waals surface area contributed by atoms with Crippen LogP contribution in [0, 0.1) is 5.82 Å². The summed E-state index contributed by atoms with van der Waals surface area (Å²) in [4.78, 5) is 55.0. The lowest BCUT2D eigenvalue weighted by Crippen LogP contribution is -2.55. The maximum Gasteiger partial charge on any atom is 0.439 e. The molecule has 0 radical (unpaired) electrons. The Labute approximate surface area is 220 Å². The van der Waals surface area contributed by atoms with Crippen LogP contribution < -0.4 is 16.0 Å². The highest BCUT2D eigenvalue weighted by atomic mass is 19.1. The van der Waals surface area contributed by atoms with Crippen molar-refractivity contribution in [3.8, 4) is 11.4 Å². The van der Waals surface area contributed by atoms with Crippen LogP contribution in [0.25, 0.3) is 11.4 Å². The third-order valence-corrected chi connectivity index (χ3v) is 6.28. The molecule has 3 N–H and O–H groups in total. The molecule has 2 aromatic carbocycles. The van der Waals surface area contributed by atoms with E-state index in [0.29, 0.717) is 37.6 Å². The van der Waals surface area contributed by atoms with Gasteiger partial charge >= 0.3 is 5.76 Å². The highest BCUT2D eigenvalue weighted by Crippen LogP contribution is 2.25. The summed E-state index contributed by atoms with van der Waals surface area (Å²) in [5, 5.41) is 16.7. The van der Waals surface area contributed by atoms with Gasteiger partial charge < -0.3 is 29.7 Å². The lowest BCUT2D eigenvalue weighted by atomic mass is 10.1. The van der Waals surface area contributed by atoms with Crippen molar-refractivity contribution < 1.29 is 37.9 Å². The minimum atomic E-state index is -1.88. The molecule has 2 aliphatic rings. The standard InChI is InChI=1S/C25H24FN5O8/c26-16-11-15(23(34)30-5-8-37-9-6-30)12-18(13-16)31-7-10-38-20(24(31)35)19(32)22(33)27-17-3-1-14(2-4-17)21-28-25(36)39-29-21/h1-4,11-13,19-20,32H,5-10H2,(H,27,33)(H,28,29,36)/t19-,20-/m1/s1. The zero-order valence-electron chi connectivity index (χ0n) is 20.5. The molecule has 14 heteroatoms. The second-order valence-electron chi connectivity index (χ2n) is 8.84.